The third kappa shape index (κ3) is 8.10. The maximum atomic E-state index is 13.7. The van der Waals surface area contributed by atoms with Gasteiger partial charge in [-0.15, -0.1) is 0 Å². The average molecular weight is 471 g/mol. The van der Waals surface area contributed by atoms with Gasteiger partial charge in [0, 0.05) is 25.9 Å². The standard InChI is InChI=1S/C31H38N2O2/c1-23(2)21-32-31(35)29(20-27-11-6-5-7-12-27)33(22-28-13-9-8-10-25(28)4)30(34)19-18-26-16-14-24(3)15-17-26/h5-17,23,29H,18-22H2,1-4H3,(H,32,35)/t29-/m0/s1. The quantitative estimate of drug-likeness (QED) is 0.394. The van der Waals surface area contributed by atoms with E-state index in [9.17, 15) is 9.59 Å². The average Bonchev–Trinajstić information content (AvgIpc) is 2.85. The van der Waals surface area contributed by atoms with Crippen molar-refractivity contribution in [2.24, 2.45) is 5.92 Å². The summed E-state index contributed by atoms with van der Waals surface area (Å²) in [5, 5.41) is 3.09. The van der Waals surface area contributed by atoms with E-state index in [1.807, 2.05) is 48.5 Å². The molecule has 0 aliphatic heterocycles. The summed E-state index contributed by atoms with van der Waals surface area (Å²) in [6.07, 6.45) is 1.49. The molecule has 1 atom stereocenters. The van der Waals surface area contributed by atoms with Crippen molar-refractivity contribution >= 4 is 11.8 Å². The molecule has 3 rings (SSSR count). The van der Waals surface area contributed by atoms with Crippen molar-refractivity contribution in [1.82, 2.24) is 10.2 Å². The number of nitrogens with zero attached hydrogens (tertiary/aromatic N) is 1. The lowest BCUT2D eigenvalue weighted by molar-refractivity contribution is -0.141. The first-order chi connectivity index (χ1) is 16.8. The summed E-state index contributed by atoms with van der Waals surface area (Å²) < 4.78 is 0. The Morgan fingerprint density at radius 1 is 0.829 bits per heavy atom. The van der Waals surface area contributed by atoms with E-state index in [0.717, 1.165) is 22.3 Å². The molecule has 0 saturated carbocycles. The van der Waals surface area contributed by atoms with Crippen molar-refractivity contribution in [2.45, 2.75) is 59.5 Å². The third-order valence-electron chi connectivity index (χ3n) is 6.31. The van der Waals surface area contributed by atoms with Gasteiger partial charge in [-0.2, -0.15) is 0 Å². The molecule has 0 spiro atoms. The Morgan fingerprint density at radius 3 is 2.14 bits per heavy atom. The molecule has 0 radical (unpaired) electrons. The first-order valence-electron chi connectivity index (χ1n) is 12.5. The van der Waals surface area contributed by atoms with Crippen LogP contribution in [-0.2, 0) is 29.0 Å². The van der Waals surface area contributed by atoms with Gasteiger partial charge in [0.05, 0.1) is 0 Å². The van der Waals surface area contributed by atoms with Crippen LogP contribution < -0.4 is 5.32 Å². The lowest BCUT2D eigenvalue weighted by atomic mass is 10.00. The lowest BCUT2D eigenvalue weighted by Crippen LogP contribution is -2.51. The van der Waals surface area contributed by atoms with Crippen LogP contribution in [0.15, 0.2) is 78.9 Å². The van der Waals surface area contributed by atoms with E-state index in [0.29, 0.717) is 38.3 Å². The summed E-state index contributed by atoms with van der Waals surface area (Å²) in [5.74, 6) is 0.229. The van der Waals surface area contributed by atoms with Crippen LogP contribution >= 0.6 is 0 Å². The molecule has 0 bridgehead atoms. The Hall–Kier alpha value is -3.40. The summed E-state index contributed by atoms with van der Waals surface area (Å²) >= 11 is 0. The molecule has 0 saturated heterocycles. The predicted octanol–water partition coefficient (Wildman–Crippen LogP) is 5.65. The number of rotatable bonds is 11. The maximum Gasteiger partial charge on any atom is 0.243 e. The second kappa shape index (κ2) is 12.9. The van der Waals surface area contributed by atoms with Crippen LogP contribution in [0, 0.1) is 19.8 Å². The van der Waals surface area contributed by atoms with Crippen molar-refractivity contribution in [3.8, 4) is 0 Å². The van der Waals surface area contributed by atoms with Gasteiger partial charge in [-0.25, -0.2) is 0 Å². The minimum absolute atomic E-state index is 0.00513. The topological polar surface area (TPSA) is 49.4 Å². The Kier molecular flexibility index (Phi) is 9.66. The number of hydrogen-bond donors (Lipinski definition) is 1. The fraction of sp³-hybridized carbons (Fsp3) is 0.355. The van der Waals surface area contributed by atoms with Crippen molar-refractivity contribution in [3.63, 3.8) is 0 Å². The molecular formula is C31H38N2O2. The number of carbonyl (C=O) groups excluding carboxylic acids is 2. The molecule has 0 aliphatic carbocycles. The van der Waals surface area contributed by atoms with Gasteiger partial charge in [0.15, 0.2) is 0 Å². The SMILES string of the molecule is Cc1ccc(CCC(=O)N(Cc2ccccc2C)[C@@H](Cc2ccccc2)C(=O)NCC(C)C)cc1. The van der Waals surface area contributed by atoms with Gasteiger partial charge < -0.3 is 10.2 Å². The van der Waals surface area contributed by atoms with E-state index < -0.39 is 6.04 Å². The summed E-state index contributed by atoms with van der Waals surface area (Å²) in [5.41, 5.74) is 5.55. The minimum atomic E-state index is -0.582. The van der Waals surface area contributed by atoms with Gasteiger partial charge in [0.25, 0.3) is 0 Å². The third-order valence-corrected chi connectivity index (χ3v) is 6.31. The summed E-state index contributed by atoms with van der Waals surface area (Å²) in [6.45, 7) is 9.25. The highest BCUT2D eigenvalue weighted by Crippen LogP contribution is 2.19. The second-order valence-corrected chi connectivity index (χ2v) is 9.78. The van der Waals surface area contributed by atoms with Crippen LogP contribution in [0.2, 0.25) is 0 Å². The van der Waals surface area contributed by atoms with Gasteiger partial charge in [-0.05, 0) is 48.4 Å². The normalized spacial score (nSPS) is 11.8. The van der Waals surface area contributed by atoms with Gasteiger partial charge in [-0.3, -0.25) is 9.59 Å². The number of aryl methyl sites for hydroxylation is 3. The predicted molar refractivity (Wildman–Crippen MR) is 143 cm³/mol. The van der Waals surface area contributed by atoms with Crippen LogP contribution in [0.5, 0.6) is 0 Å². The van der Waals surface area contributed by atoms with Crippen LogP contribution in [0.25, 0.3) is 0 Å². The molecule has 184 valence electrons. The van der Waals surface area contributed by atoms with Crippen LogP contribution in [-0.4, -0.2) is 29.3 Å². The molecule has 3 aromatic rings. The van der Waals surface area contributed by atoms with E-state index >= 15 is 0 Å². The highest BCUT2D eigenvalue weighted by molar-refractivity contribution is 5.88. The van der Waals surface area contributed by atoms with Gasteiger partial charge in [-0.1, -0.05) is 98.3 Å². The first-order valence-corrected chi connectivity index (χ1v) is 12.5. The molecule has 0 aromatic heterocycles. The van der Waals surface area contributed by atoms with E-state index in [1.54, 1.807) is 4.90 Å². The smallest absolute Gasteiger partial charge is 0.243 e. The molecule has 35 heavy (non-hydrogen) atoms. The van der Waals surface area contributed by atoms with Crippen molar-refractivity contribution < 1.29 is 9.59 Å². The van der Waals surface area contributed by atoms with Gasteiger partial charge in [0.2, 0.25) is 11.8 Å². The molecule has 1 N–H and O–H groups in total. The van der Waals surface area contributed by atoms with Gasteiger partial charge in [0.1, 0.15) is 6.04 Å². The number of nitrogens with one attached hydrogen (secondary N) is 1. The van der Waals surface area contributed by atoms with Crippen LogP contribution in [0.3, 0.4) is 0 Å². The number of amides is 2. The van der Waals surface area contributed by atoms with E-state index in [2.05, 4.69) is 63.3 Å². The molecule has 0 fully saturated rings. The highest BCUT2D eigenvalue weighted by Gasteiger charge is 2.30. The zero-order chi connectivity index (χ0) is 25.2. The zero-order valence-electron chi connectivity index (χ0n) is 21.5. The Balaban J connectivity index is 1.90. The van der Waals surface area contributed by atoms with Crippen LogP contribution in [0.4, 0.5) is 0 Å². The zero-order valence-corrected chi connectivity index (χ0v) is 21.5. The number of benzene rings is 3. The highest BCUT2D eigenvalue weighted by atomic mass is 16.2. The number of carbonyl (C=O) groups is 2. The summed E-state index contributed by atoms with van der Waals surface area (Å²) in [4.78, 5) is 29.0. The fourth-order valence-corrected chi connectivity index (χ4v) is 4.10. The monoisotopic (exact) mass is 470 g/mol. The van der Waals surface area contributed by atoms with Crippen molar-refractivity contribution in [2.75, 3.05) is 6.54 Å². The summed E-state index contributed by atoms with van der Waals surface area (Å²) in [7, 11) is 0. The first kappa shape index (κ1) is 26.2. The molecular weight excluding hydrogens is 432 g/mol. The molecule has 4 nitrogen and oxygen atoms in total. The molecule has 0 heterocycles. The van der Waals surface area contributed by atoms with Gasteiger partial charge >= 0.3 is 0 Å². The Bertz CT molecular complexity index is 1090. The van der Waals surface area contributed by atoms with Crippen molar-refractivity contribution in [1.29, 1.82) is 0 Å². The van der Waals surface area contributed by atoms with Crippen molar-refractivity contribution in [3.05, 3.63) is 107 Å². The van der Waals surface area contributed by atoms with E-state index in [4.69, 9.17) is 0 Å². The molecule has 2 amide bonds. The minimum Gasteiger partial charge on any atom is -0.354 e. The molecule has 3 aromatic carbocycles. The fourth-order valence-electron chi connectivity index (χ4n) is 4.10. The molecule has 0 unspecified atom stereocenters. The van der Waals surface area contributed by atoms with E-state index in [1.165, 1.54) is 5.56 Å². The summed E-state index contributed by atoms with van der Waals surface area (Å²) in [6, 6.07) is 25.7. The number of hydrogen-bond acceptors (Lipinski definition) is 2. The lowest BCUT2D eigenvalue weighted by Gasteiger charge is -2.32. The van der Waals surface area contributed by atoms with Crippen LogP contribution in [0.1, 0.15) is 48.1 Å². The largest absolute Gasteiger partial charge is 0.354 e. The second-order valence-electron chi connectivity index (χ2n) is 9.78. The molecule has 0 aliphatic rings. The Morgan fingerprint density at radius 2 is 1.49 bits per heavy atom. The Labute approximate surface area is 210 Å². The molecule has 4 heteroatoms. The maximum absolute atomic E-state index is 13.7. The van der Waals surface area contributed by atoms with E-state index in [-0.39, 0.29) is 11.8 Å².